The van der Waals surface area contributed by atoms with E-state index >= 15 is 0 Å². The molecule has 0 aliphatic carbocycles. The minimum absolute atomic E-state index is 0.869. The fourth-order valence-electron chi connectivity index (χ4n) is 1.70. The van der Waals surface area contributed by atoms with Gasteiger partial charge in [0.15, 0.2) is 0 Å². The largest absolute Gasteiger partial charge is 0.496 e. The topological polar surface area (TPSA) is 23.4 Å². The molecule has 14 heavy (non-hydrogen) atoms. The Kier molecular flexibility index (Phi) is 2.08. The van der Waals surface area contributed by atoms with Gasteiger partial charge in [0.05, 0.1) is 19.7 Å². The normalized spacial score (nSPS) is 10.5. The molecule has 0 radical (unpaired) electrons. The Morgan fingerprint density at radius 1 is 1.00 bits per heavy atom. The van der Waals surface area contributed by atoms with Gasteiger partial charge >= 0.3 is 0 Å². The highest BCUT2D eigenvalue weighted by Gasteiger charge is 2.09. The van der Waals surface area contributed by atoms with Gasteiger partial charge in [-0.05, 0) is 18.2 Å². The molecule has 1 aromatic carbocycles. The standard InChI is InChI=1S/C11H13NO2/c1-12-7-6-8-9(13-2)4-5-10(14-3)11(8)12/h4-7H,1-3H3. The Morgan fingerprint density at radius 2 is 1.64 bits per heavy atom. The summed E-state index contributed by atoms with van der Waals surface area (Å²) in [5, 5.41) is 1.08. The van der Waals surface area contributed by atoms with E-state index in [9.17, 15) is 0 Å². The Labute approximate surface area is 82.9 Å². The molecule has 0 saturated heterocycles. The zero-order valence-electron chi connectivity index (χ0n) is 8.57. The first-order valence-corrected chi connectivity index (χ1v) is 4.44. The molecule has 0 unspecified atom stereocenters. The fraction of sp³-hybridized carbons (Fsp3) is 0.273. The molecule has 0 N–H and O–H groups in total. The highest BCUT2D eigenvalue weighted by atomic mass is 16.5. The van der Waals surface area contributed by atoms with Gasteiger partial charge in [-0.1, -0.05) is 0 Å². The molecular formula is C11H13NO2. The van der Waals surface area contributed by atoms with E-state index in [2.05, 4.69) is 0 Å². The van der Waals surface area contributed by atoms with Crippen LogP contribution in [0.5, 0.6) is 11.5 Å². The van der Waals surface area contributed by atoms with E-state index < -0.39 is 0 Å². The molecule has 3 heteroatoms. The Bertz CT molecular complexity index is 460. The van der Waals surface area contributed by atoms with E-state index in [0.29, 0.717) is 0 Å². The van der Waals surface area contributed by atoms with Gasteiger partial charge in [-0.25, -0.2) is 0 Å². The third kappa shape index (κ3) is 1.13. The number of hydrogen-bond donors (Lipinski definition) is 0. The van der Waals surface area contributed by atoms with Crippen LogP contribution < -0.4 is 9.47 Å². The Morgan fingerprint density at radius 3 is 2.29 bits per heavy atom. The summed E-state index contributed by atoms with van der Waals surface area (Å²) < 4.78 is 12.6. The van der Waals surface area contributed by atoms with Crippen LogP contribution in [0.3, 0.4) is 0 Å². The first-order chi connectivity index (χ1) is 6.77. The first kappa shape index (κ1) is 8.94. The number of aromatic nitrogens is 1. The summed E-state index contributed by atoms with van der Waals surface area (Å²) in [4.78, 5) is 0. The maximum Gasteiger partial charge on any atom is 0.143 e. The molecule has 1 aromatic heterocycles. The number of methoxy groups -OCH3 is 2. The van der Waals surface area contributed by atoms with Crippen LogP contribution in [-0.2, 0) is 7.05 Å². The minimum atomic E-state index is 0.869. The summed E-state index contributed by atoms with van der Waals surface area (Å²) in [6.45, 7) is 0. The van der Waals surface area contributed by atoms with E-state index in [1.54, 1.807) is 14.2 Å². The molecular weight excluding hydrogens is 178 g/mol. The Balaban J connectivity index is 2.81. The van der Waals surface area contributed by atoms with Gasteiger partial charge in [0.25, 0.3) is 0 Å². The van der Waals surface area contributed by atoms with Crippen LogP contribution >= 0.6 is 0 Å². The van der Waals surface area contributed by atoms with Crippen molar-refractivity contribution in [1.82, 2.24) is 4.57 Å². The zero-order valence-corrected chi connectivity index (χ0v) is 8.57. The number of hydrogen-bond acceptors (Lipinski definition) is 2. The highest BCUT2D eigenvalue weighted by Crippen LogP contribution is 2.33. The minimum Gasteiger partial charge on any atom is -0.496 e. The molecule has 0 aliphatic rings. The third-order valence-corrected chi connectivity index (χ3v) is 2.40. The van der Waals surface area contributed by atoms with Crippen LogP contribution in [0.4, 0.5) is 0 Å². The predicted molar refractivity (Wildman–Crippen MR) is 56.0 cm³/mol. The van der Waals surface area contributed by atoms with Crippen molar-refractivity contribution in [3.05, 3.63) is 24.4 Å². The van der Waals surface area contributed by atoms with Crippen LogP contribution in [0.1, 0.15) is 0 Å². The average Bonchev–Trinajstić information content (AvgIpc) is 2.60. The van der Waals surface area contributed by atoms with Crippen molar-refractivity contribution in [1.29, 1.82) is 0 Å². The van der Waals surface area contributed by atoms with Crippen LogP contribution in [0.15, 0.2) is 24.4 Å². The summed E-state index contributed by atoms with van der Waals surface area (Å²) in [6.07, 6.45) is 2.00. The lowest BCUT2D eigenvalue weighted by molar-refractivity contribution is 0.409. The number of aryl methyl sites for hydroxylation is 1. The fourth-order valence-corrected chi connectivity index (χ4v) is 1.70. The molecule has 3 nitrogen and oxygen atoms in total. The zero-order chi connectivity index (χ0) is 10.1. The van der Waals surface area contributed by atoms with Crippen molar-refractivity contribution >= 4 is 10.9 Å². The van der Waals surface area contributed by atoms with Crippen molar-refractivity contribution in [2.24, 2.45) is 7.05 Å². The number of nitrogens with zero attached hydrogens (tertiary/aromatic N) is 1. The molecule has 1 heterocycles. The van der Waals surface area contributed by atoms with Crippen molar-refractivity contribution in [2.75, 3.05) is 14.2 Å². The summed E-state index contributed by atoms with van der Waals surface area (Å²) >= 11 is 0. The second-order valence-electron chi connectivity index (χ2n) is 3.16. The molecule has 0 atom stereocenters. The van der Waals surface area contributed by atoms with E-state index in [-0.39, 0.29) is 0 Å². The van der Waals surface area contributed by atoms with Crippen molar-refractivity contribution in [3.63, 3.8) is 0 Å². The highest BCUT2D eigenvalue weighted by molar-refractivity contribution is 5.91. The van der Waals surface area contributed by atoms with E-state index in [4.69, 9.17) is 9.47 Å². The summed E-state index contributed by atoms with van der Waals surface area (Å²) in [7, 11) is 5.34. The molecule has 0 aliphatic heterocycles. The van der Waals surface area contributed by atoms with Crippen LogP contribution in [0.2, 0.25) is 0 Å². The molecule has 74 valence electrons. The van der Waals surface area contributed by atoms with Gasteiger partial charge in [-0.15, -0.1) is 0 Å². The maximum atomic E-state index is 5.29. The van der Waals surface area contributed by atoms with Gasteiger partial charge in [-0.3, -0.25) is 0 Å². The van der Waals surface area contributed by atoms with Crippen LogP contribution in [-0.4, -0.2) is 18.8 Å². The number of ether oxygens (including phenoxy) is 2. The SMILES string of the molecule is COc1ccc(OC)c2c1ccn2C. The first-order valence-electron chi connectivity index (χ1n) is 4.44. The number of rotatable bonds is 2. The quantitative estimate of drug-likeness (QED) is 0.726. The number of benzene rings is 1. The van der Waals surface area contributed by atoms with E-state index in [0.717, 1.165) is 22.4 Å². The lowest BCUT2D eigenvalue weighted by atomic mass is 10.2. The van der Waals surface area contributed by atoms with Crippen molar-refractivity contribution in [2.45, 2.75) is 0 Å². The summed E-state index contributed by atoms with van der Waals surface area (Å²) in [5.41, 5.74) is 1.06. The predicted octanol–water partition coefficient (Wildman–Crippen LogP) is 2.20. The smallest absolute Gasteiger partial charge is 0.143 e. The van der Waals surface area contributed by atoms with Gasteiger partial charge in [0.1, 0.15) is 11.5 Å². The molecule has 0 amide bonds. The molecule has 2 rings (SSSR count). The van der Waals surface area contributed by atoms with Gasteiger partial charge in [0.2, 0.25) is 0 Å². The van der Waals surface area contributed by atoms with Crippen LogP contribution in [0, 0.1) is 0 Å². The van der Waals surface area contributed by atoms with Gasteiger partial charge in [0, 0.05) is 18.6 Å². The molecule has 0 fully saturated rings. The number of fused-ring (bicyclic) bond motifs is 1. The van der Waals surface area contributed by atoms with Gasteiger partial charge < -0.3 is 14.0 Å². The summed E-state index contributed by atoms with van der Waals surface area (Å²) in [5.74, 6) is 1.75. The molecule has 2 aromatic rings. The average molecular weight is 191 g/mol. The second kappa shape index (κ2) is 3.25. The van der Waals surface area contributed by atoms with E-state index in [1.807, 2.05) is 36.0 Å². The lowest BCUT2D eigenvalue weighted by Crippen LogP contribution is -1.91. The lowest BCUT2D eigenvalue weighted by Gasteiger charge is -2.07. The van der Waals surface area contributed by atoms with Crippen LogP contribution in [0.25, 0.3) is 10.9 Å². The molecule has 0 bridgehead atoms. The third-order valence-electron chi connectivity index (χ3n) is 2.40. The monoisotopic (exact) mass is 191 g/mol. The maximum absolute atomic E-state index is 5.29. The molecule has 0 saturated carbocycles. The molecule has 0 spiro atoms. The van der Waals surface area contributed by atoms with E-state index in [1.165, 1.54) is 0 Å². The van der Waals surface area contributed by atoms with Gasteiger partial charge in [-0.2, -0.15) is 0 Å². The Hall–Kier alpha value is -1.64. The van der Waals surface area contributed by atoms with Crippen molar-refractivity contribution < 1.29 is 9.47 Å². The summed E-state index contributed by atoms with van der Waals surface area (Å²) in [6, 6.07) is 5.86. The second-order valence-corrected chi connectivity index (χ2v) is 3.16. The van der Waals surface area contributed by atoms with Crippen molar-refractivity contribution in [3.8, 4) is 11.5 Å².